The van der Waals surface area contributed by atoms with Crippen LogP contribution >= 0.6 is 27.3 Å². The second-order valence-electron chi connectivity index (χ2n) is 4.56. The van der Waals surface area contributed by atoms with Gasteiger partial charge in [-0.3, -0.25) is 0 Å². The van der Waals surface area contributed by atoms with Gasteiger partial charge in [0.25, 0.3) is 0 Å². The molecule has 1 unspecified atom stereocenters. The second-order valence-corrected chi connectivity index (χ2v) is 9.10. The van der Waals surface area contributed by atoms with Crippen LogP contribution in [-0.4, -0.2) is 38.5 Å². The van der Waals surface area contributed by atoms with Crippen molar-refractivity contribution in [1.82, 2.24) is 4.31 Å². The third-order valence-electron chi connectivity index (χ3n) is 3.24. The zero-order valence-corrected chi connectivity index (χ0v) is 14.3. The van der Waals surface area contributed by atoms with Gasteiger partial charge in [-0.2, -0.15) is 4.31 Å². The summed E-state index contributed by atoms with van der Waals surface area (Å²) in [5.74, 6) is 0. The molecule has 1 aromatic rings. The number of halogens is 1. The van der Waals surface area contributed by atoms with E-state index in [0.29, 0.717) is 18.0 Å². The lowest BCUT2D eigenvalue weighted by Crippen LogP contribution is -2.37. The molecule has 1 aromatic heterocycles. The quantitative estimate of drug-likeness (QED) is 0.803. The lowest BCUT2D eigenvalue weighted by Gasteiger charge is -2.23. The molecule has 108 valence electrons. The molecule has 19 heavy (non-hydrogen) atoms. The smallest absolute Gasteiger partial charge is 0.244 e. The number of sulfonamides is 1. The highest BCUT2D eigenvalue weighted by Crippen LogP contribution is 2.32. The van der Waals surface area contributed by atoms with Crippen LogP contribution in [0.5, 0.6) is 0 Å². The first-order valence-electron chi connectivity index (χ1n) is 6.33. The molecule has 1 aliphatic rings. The summed E-state index contributed by atoms with van der Waals surface area (Å²) in [5, 5.41) is 0. The molecule has 4 nitrogen and oxygen atoms in total. The van der Waals surface area contributed by atoms with E-state index in [2.05, 4.69) is 15.9 Å². The van der Waals surface area contributed by atoms with E-state index in [4.69, 9.17) is 4.74 Å². The molecular formula is C12H18BrNO3S2. The standard InChI is InChI=1S/C12H18BrNO3S2/c1-3-14(8-10-5-4-6-17-10)19(15,16)11-7-12(13)18-9(11)2/h7,10H,3-6,8H2,1-2H3. The molecule has 1 saturated heterocycles. The molecule has 0 amide bonds. The number of rotatable bonds is 5. The molecule has 1 fully saturated rings. The van der Waals surface area contributed by atoms with Crippen LogP contribution in [0.1, 0.15) is 24.6 Å². The maximum Gasteiger partial charge on any atom is 0.244 e. The lowest BCUT2D eigenvalue weighted by atomic mass is 10.2. The Kier molecular flexibility index (Phi) is 5.05. The van der Waals surface area contributed by atoms with Gasteiger partial charge in [-0.05, 0) is 41.8 Å². The van der Waals surface area contributed by atoms with Gasteiger partial charge in [0.2, 0.25) is 10.0 Å². The van der Waals surface area contributed by atoms with Gasteiger partial charge in [-0.25, -0.2) is 8.42 Å². The van der Waals surface area contributed by atoms with Crippen molar-refractivity contribution >= 4 is 37.3 Å². The van der Waals surface area contributed by atoms with Crippen molar-refractivity contribution in [3.63, 3.8) is 0 Å². The Morgan fingerprint density at radius 1 is 1.58 bits per heavy atom. The van der Waals surface area contributed by atoms with Gasteiger partial charge in [0.1, 0.15) is 0 Å². The highest BCUT2D eigenvalue weighted by Gasteiger charge is 2.29. The van der Waals surface area contributed by atoms with E-state index in [9.17, 15) is 8.42 Å². The monoisotopic (exact) mass is 367 g/mol. The Balaban J connectivity index is 2.22. The Morgan fingerprint density at radius 3 is 2.79 bits per heavy atom. The summed E-state index contributed by atoms with van der Waals surface area (Å²) >= 11 is 4.79. The van der Waals surface area contributed by atoms with Gasteiger partial charge in [0, 0.05) is 24.6 Å². The first-order chi connectivity index (χ1) is 8.95. The molecule has 0 saturated carbocycles. The van der Waals surface area contributed by atoms with Crippen molar-refractivity contribution in [1.29, 1.82) is 0 Å². The van der Waals surface area contributed by atoms with Crippen molar-refractivity contribution in [2.45, 2.75) is 37.7 Å². The van der Waals surface area contributed by atoms with Crippen molar-refractivity contribution in [2.24, 2.45) is 0 Å². The van der Waals surface area contributed by atoms with Crippen molar-refractivity contribution in [2.75, 3.05) is 19.7 Å². The maximum absolute atomic E-state index is 12.6. The van der Waals surface area contributed by atoms with E-state index < -0.39 is 10.0 Å². The summed E-state index contributed by atoms with van der Waals surface area (Å²) in [7, 11) is -3.41. The first-order valence-corrected chi connectivity index (χ1v) is 9.37. The van der Waals surface area contributed by atoms with E-state index >= 15 is 0 Å². The fourth-order valence-electron chi connectivity index (χ4n) is 2.24. The predicted molar refractivity (Wildman–Crippen MR) is 80.2 cm³/mol. The minimum Gasteiger partial charge on any atom is -0.377 e. The summed E-state index contributed by atoms with van der Waals surface area (Å²) in [4.78, 5) is 1.22. The Hall–Kier alpha value is 0.0500. The molecule has 7 heteroatoms. The van der Waals surface area contributed by atoms with Gasteiger partial charge >= 0.3 is 0 Å². The minimum absolute atomic E-state index is 0.0390. The number of nitrogens with zero attached hydrogens (tertiary/aromatic N) is 1. The number of aryl methyl sites for hydroxylation is 1. The number of hydrogen-bond acceptors (Lipinski definition) is 4. The number of likely N-dealkylation sites (N-methyl/N-ethyl adjacent to an activating group) is 1. The number of ether oxygens (including phenoxy) is 1. The summed E-state index contributed by atoms with van der Waals surface area (Å²) < 4.78 is 33.2. The van der Waals surface area contributed by atoms with Crippen LogP contribution in [-0.2, 0) is 14.8 Å². The van der Waals surface area contributed by atoms with Crippen molar-refractivity contribution in [3.05, 3.63) is 14.7 Å². The summed E-state index contributed by atoms with van der Waals surface area (Å²) in [6.45, 7) is 5.36. The molecule has 0 aromatic carbocycles. The van der Waals surface area contributed by atoms with E-state index in [1.54, 1.807) is 6.07 Å². The Bertz CT molecular complexity index is 535. The third kappa shape index (κ3) is 3.39. The van der Waals surface area contributed by atoms with Crippen molar-refractivity contribution in [3.8, 4) is 0 Å². The summed E-state index contributed by atoms with van der Waals surface area (Å²) in [5.41, 5.74) is 0. The lowest BCUT2D eigenvalue weighted by molar-refractivity contribution is 0.0947. The van der Waals surface area contributed by atoms with Crippen LogP contribution in [0.2, 0.25) is 0 Å². The SMILES string of the molecule is CCN(CC1CCCO1)S(=O)(=O)c1cc(Br)sc1C. The minimum atomic E-state index is -3.41. The van der Waals surface area contributed by atoms with Gasteiger partial charge in [-0.1, -0.05) is 6.92 Å². The maximum atomic E-state index is 12.6. The topological polar surface area (TPSA) is 46.6 Å². The number of thiophene rings is 1. The molecule has 2 rings (SSSR count). The highest BCUT2D eigenvalue weighted by molar-refractivity contribution is 9.11. The third-order valence-corrected chi connectivity index (χ3v) is 6.99. The molecule has 0 radical (unpaired) electrons. The van der Waals surface area contributed by atoms with E-state index in [-0.39, 0.29) is 6.10 Å². The highest BCUT2D eigenvalue weighted by atomic mass is 79.9. The van der Waals surface area contributed by atoms with Crippen molar-refractivity contribution < 1.29 is 13.2 Å². The molecule has 0 spiro atoms. The van der Waals surface area contributed by atoms with E-state index in [1.807, 2.05) is 13.8 Å². The molecule has 1 aliphatic heterocycles. The largest absolute Gasteiger partial charge is 0.377 e. The van der Waals surface area contributed by atoms with Crippen LogP contribution in [0.3, 0.4) is 0 Å². The Morgan fingerprint density at radius 2 is 2.32 bits per heavy atom. The molecular weight excluding hydrogens is 350 g/mol. The number of hydrogen-bond donors (Lipinski definition) is 0. The fourth-order valence-corrected chi connectivity index (χ4v) is 6.10. The average Bonchev–Trinajstić information content (AvgIpc) is 2.95. The summed E-state index contributed by atoms with van der Waals surface area (Å²) in [6, 6.07) is 1.69. The van der Waals surface area contributed by atoms with Crippen LogP contribution < -0.4 is 0 Å². The van der Waals surface area contributed by atoms with E-state index in [0.717, 1.165) is 28.1 Å². The molecule has 0 aliphatic carbocycles. The van der Waals surface area contributed by atoms with Crippen LogP contribution in [0.4, 0.5) is 0 Å². The van der Waals surface area contributed by atoms with Gasteiger partial charge in [0.15, 0.2) is 0 Å². The van der Waals surface area contributed by atoms with Gasteiger partial charge < -0.3 is 4.74 Å². The molecule has 0 N–H and O–H groups in total. The summed E-state index contributed by atoms with van der Waals surface area (Å²) in [6.07, 6.45) is 2.00. The van der Waals surface area contributed by atoms with Gasteiger partial charge in [-0.15, -0.1) is 11.3 Å². The van der Waals surface area contributed by atoms with Gasteiger partial charge in [0.05, 0.1) is 14.8 Å². The van der Waals surface area contributed by atoms with Crippen LogP contribution in [0, 0.1) is 6.92 Å². The molecule has 2 heterocycles. The fraction of sp³-hybridized carbons (Fsp3) is 0.667. The molecule has 1 atom stereocenters. The predicted octanol–water partition coefficient (Wildman–Crippen LogP) is 3.01. The van der Waals surface area contributed by atoms with Crippen LogP contribution in [0.15, 0.2) is 14.7 Å². The zero-order chi connectivity index (χ0) is 14.0. The first kappa shape index (κ1) is 15.4. The second kappa shape index (κ2) is 6.22. The normalized spacial score (nSPS) is 20.3. The van der Waals surface area contributed by atoms with Crippen LogP contribution in [0.25, 0.3) is 0 Å². The average molecular weight is 368 g/mol. The Labute approximate surface area is 126 Å². The molecule has 0 bridgehead atoms. The zero-order valence-electron chi connectivity index (χ0n) is 11.1. The van der Waals surface area contributed by atoms with E-state index in [1.165, 1.54) is 15.6 Å².